The molecule has 2 N–H and O–H groups in total. The number of hydrogen-bond acceptors (Lipinski definition) is 4. The maximum atomic E-state index is 12.8. The van der Waals surface area contributed by atoms with E-state index in [1.165, 1.54) is 0 Å². The molecule has 0 radical (unpaired) electrons. The summed E-state index contributed by atoms with van der Waals surface area (Å²) in [6.07, 6.45) is 2.97. The van der Waals surface area contributed by atoms with Crippen LogP contribution in [-0.2, 0) is 21.3 Å². The van der Waals surface area contributed by atoms with Gasteiger partial charge in [-0.05, 0) is 37.5 Å². The van der Waals surface area contributed by atoms with Crippen molar-refractivity contribution < 1.29 is 13.2 Å². The molecule has 1 unspecified atom stereocenters. The van der Waals surface area contributed by atoms with Crippen LogP contribution < -0.4 is 10.6 Å². The Morgan fingerprint density at radius 3 is 2.63 bits per heavy atom. The number of piperidine rings is 1. The lowest BCUT2D eigenvalue weighted by Crippen LogP contribution is -2.43. The van der Waals surface area contributed by atoms with Crippen LogP contribution in [0.2, 0.25) is 0 Å². The van der Waals surface area contributed by atoms with Crippen LogP contribution in [0.3, 0.4) is 0 Å². The highest BCUT2D eigenvalue weighted by molar-refractivity contribution is 14.0. The van der Waals surface area contributed by atoms with Crippen molar-refractivity contribution in [3.63, 3.8) is 0 Å². The lowest BCUT2D eigenvalue weighted by molar-refractivity contribution is 0.179. The number of nitrogens with zero attached hydrogens (tertiary/aromatic N) is 2. The summed E-state index contributed by atoms with van der Waals surface area (Å²) >= 11 is 0. The summed E-state index contributed by atoms with van der Waals surface area (Å²) in [7, 11) is -0.0559. The third-order valence-corrected chi connectivity index (χ3v) is 6.23. The number of sulfonamides is 1. The molecule has 0 amide bonds. The van der Waals surface area contributed by atoms with Gasteiger partial charge in [0.05, 0.1) is 11.5 Å². The second-order valence-electron chi connectivity index (χ2n) is 6.54. The Balaban J connectivity index is 0.00000364. The highest BCUT2D eigenvalue weighted by atomic mass is 127. The summed E-state index contributed by atoms with van der Waals surface area (Å²) in [5.74, 6) is 0.652. The molecule has 1 aliphatic heterocycles. The molecular weight excluding hydrogens is 479 g/mol. The van der Waals surface area contributed by atoms with Crippen molar-refractivity contribution in [2.24, 2.45) is 4.99 Å². The summed E-state index contributed by atoms with van der Waals surface area (Å²) in [6.45, 7) is 4.28. The number of rotatable bonds is 7. The van der Waals surface area contributed by atoms with Gasteiger partial charge in [-0.3, -0.25) is 4.99 Å². The molecule has 1 fully saturated rings. The average molecular weight is 510 g/mol. The topological polar surface area (TPSA) is 83.0 Å². The molecule has 0 bridgehead atoms. The Morgan fingerprint density at radius 2 is 2.00 bits per heavy atom. The average Bonchev–Trinajstić information content (AvgIpc) is 2.66. The molecule has 1 heterocycles. The monoisotopic (exact) mass is 510 g/mol. The first-order valence-electron chi connectivity index (χ1n) is 9.02. The highest BCUT2D eigenvalue weighted by Gasteiger charge is 2.25. The predicted molar refractivity (Wildman–Crippen MR) is 119 cm³/mol. The van der Waals surface area contributed by atoms with Crippen molar-refractivity contribution in [1.29, 1.82) is 0 Å². The molecule has 27 heavy (non-hydrogen) atoms. The van der Waals surface area contributed by atoms with E-state index in [0.29, 0.717) is 37.1 Å². The number of guanidine groups is 1. The summed E-state index contributed by atoms with van der Waals surface area (Å²) in [6, 6.07) is 7.23. The Bertz CT molecular complexity index is 706. The highest BCUT2D eigenvalue weighted by Crippen LogP contribution is 2.21. The SMILES string of the molecule is CN=C(NCc1cccc(S(=O)(=O)N2CCCCC2)c1)NC(C)COC.I. The fourth-order valence-corrected chi connectivity index (χ4v) is 4.56. The lowest BCUT2D eigenvalue weighted by Gasteiger charge is -2.26. The van der Waals surface area contributed by atoms with E-state index in [1.54, 1.807) is 36.7 Å². The van der Waals surface area contributed by atoms with Crippen LogP contribution in [0.15, 0.2) is 34.2 Å². The summed E-state index contributed by atoms with van der Waals surface area (Å²) in [4.78, 5) is 4.54. The molecule has 1 aromatic rings. The van der Waals surface area contributed by atoms with E-state index in [9.17, 15) is 8.42 Å². The zero-order chi connectivity index (χ0) is 19.0. The molecule has 1 saturated heterocycles. The molecule has 0 aliphatic carbocycles. The Kier molecular flexibility index (Phi) is 10.6. The fraction of sp³-hybridized carbons (Fsp3) is 0.611. The largest absolute Gasteiger partial charge is 0.383 e. The molecule has 0 saturated carbocycles. The number of methoxy groups -OCH3 is 1. The van der Waals surface area contributed by atoms with Crippen LogP contribution in [0.5, 0.6) is 0 Å². The number of aliphatic imine (C=N–C) groups is 1. The number of hydrogen-bond donors (Lipinski definition) is 2. The molecule has 0 aromatic heterocycles. The van der Waals surface area contributed by atoms with Crippen molar-refractivity contribution in [3.8, 4) is 0 Å². The van der Waals surface area contributed by atoms with Gasteiger partial charge in [0.1, 0.15) is 0 Å². The van der Waals surface area contributed by atoms with E-state index < -0.39 is 10.0 Å². The normalized spacial score (nSPS) is 17.1. The zero-order valence-corrected chi connectivity index (χ0v) is 19.4. The summed E-state index contributed by atoms with van der Waals surface area (Å²) < 4.78 is 32.3. The van der Waals surface area contributed by atoms with Crippen LogP contribution in [0.25, 0.3) is 0 Å². The molecule has 1 aromatic carbocycles. The van der Waals surface area contributed by atoms with E-state index >= 15 is 0 Å². The van der Waals surface area contributed by atoms with Crippen molar-refractivity contribution in [3.05, 3.63) is 29.8 Å². The molecule has 9 heteroatoms. The lowest BCUT2D eigenvalue weighted by atomic mass is 10.2. The standard InChI is InChI=1S/C18H30N4O3S.HI/c1-15(14-25-3)21-18(19-2)20-13-16-8-7-9-17(12-16)26(23,24)22-10-5-4-6-11-22;/h7-9,12,15H,4-6,10-11,13-14H2,1-3H3,(H2,19,20,21);1H. The van der Waals surface area contributed by atoms with Crippen molar-refractivity contribution in [2.45, 2.75) is 43.7 Å². The maximum Gasteiger partial charge on any atom is 0.243 e. The van der Waals surface area contributed by atoms with Crippen molar-refractivity contribution >= 4 is 40.0 Å². The summed E-state index contributed by atoms with van der Waals surface area (Å²) in [5.41, 5.74) is 0.894. The van der Waals surface area contributed by atoms with Gasteiger partial charge in [0, 0.05) is 39.8 Å². The number of nitrogens with one attached hydrogen (secondary N) is 2. The minimum absolute atomic E-state index is 0. The van der Waals surface area contributed by atoms with Gasteiger partial charge < -0.3 is 15.4 Å². The quantitative estimate of drug-likeness (QED) is 0.334. The van der Waals surface area contributed by atoms with Gasteiger partial charge >= 0.3 is 0 Å². The van der Waals surface area contributed by atoms with E-state index in [2.05, 4.69) is 15.6 Å². The zero-order valence-electron chi connectivity index (χ0n) is 16.3. The molecule has 154 valence electrons. The first-order valence-corrected chi connectivity index (χ1v) is 10.5. The molecule has 0 spiro atoms. The van der Waals surface area contributed by atoms with Gasteiger partial charge in [0.25, 0.3) is 0 Å². The third-order valence-electron chi connectivity index (χ3n) is 4.33. The van der Waals surface area contributed by atoms with E-state index in [4.69, 9.17) is 4.74 Å². The molecule has 1 aliphatic rings. The molecule has 2 rings (SSSR count). The number of benzene rings is 1. The van der Waals surface area contributed by atoms with E-state index in [0.717, 1.165) is 24.8 Å². The molecule has 1 atom stereocenters. The summed E-state index contributed by atoms with van der Waals surface area (Å²) in [5, 5.41) is 6.43. The second kappa shape index (κ2) is 11.8. The van der Waals surface area contributed by atoms with Gasteiger partial charge in [-0.25, -0.2) is 8.42 Å². The van der Waals surface area contributed by atoms with Gasteiger partial charge in [-0.15, -0.1) is 24.0 Å². The fourth-order valence-electron chi connectivity index (χ4n) is 2.98. The molecular formula is C18H31IN4O3S. The Morgan fingerprint density at radius 1 is 1.30 bits per heavy atom. The van der Waals surface area contributed by atoms with Crippen LogP contribution in [-0.4, -0.2) is 58.6 Å². The molecule has 7 nitrogen and oxygen atoms in total. The van der Waals surface area contributed by atoms with Gasteiger partial charge in [0.15, 0.2) is 5.96 Å². The Hall–Kier alpha value is -0.910. The van der Waals surface area contributed by atoms with Crippen molar-refractivity contribution in [2.75, 3.05) is 33.9 Å². The minimum atomic E-state index is -3.41. The van der Waals surface area contributed by atoms with Gasteiger partial charge in [0.2, 0.25) is 10.0 Å². The number of halogens is 1. The van der Waals surface area contributed by atoms with E-state index in [-0.39, 0.29) is 30.0 Å². The smallest absolute Gasteiger partial charge is 0.243 e. The van der Waals surface area contributed by atoms with Crippen LogP contribution >= 0.6 is 24.0 Å². The van der Waals surface area contributed by atoms with Crippen LogP contribution in [0, 0.1) is 0 Å². The second-order valence-corrected chi connectivity index (χ2v) is 8.48. The first-order chi connectivity index (χ1) is 12.5. The van der Waals surface area contributed by atoms with Crippen LogP contribution in [0.1, 0.15) is 31.7 Å². The number of ether oxygens (including phenoxy) is 1. The van der Waals surface area contributed by atoms with Crippen molar-refractivity contribution in [1.82, 2.24) is 14.9 Å². The van der Waals surface area contributed by atoms with Gasteiger partial charge in [-0.1, -0.05) is 18.6 Å². The predicted octanol–water partition coefficient (Wildman–Crippen LogP) is 2.18. The van der Waals surface area contributed by atoms with Crippen LogP contribution in [0.4, 0.5) is 0 Å². The van der Waals surface area contributed by atoms with E-state index in [1.807, 2.05) is 13.0 Å². The van der Waals surface area contributed by atoms with Gasteiger partial charge in [-0.2, -0.15) is 4.31 Å². The maximum absolute atomic E-state index is 12.8. The minimum Gasteiger partial charge on any atom is -0.383 e. The third kappa shape index (κ3) is 7.20. The Labute approximate surface area is 180 Å². The first kappa shape index (κ1) is 24.1.